The number of methoxy groups -OCH3 is 1. The van der Waals surface area contributed by atoms with Crippen LogP contribution in [0.1, 0.15) is 12.0 Å². The van der Waals surface area contributed by atoms with Gasteiger partial charge in [-0.2, -0.15) is 11.8 Å². The zero-order chi connectivity index (χ0) is 12.3. The van der Waals surface area contributed by atoms with Gasteiger partial charge in [-0.25, -0.2) is 0 Å². The first-order valence-electron chi connectivity index (χ1n) is 5.63. The molecule has 2 rings (SSSR count). The fourth-order valence-electron chi connectivity index (χ4n) is 2.01. The van der Waals surface area contributed by atoms with Gasteiger partial charge in [0.1, 0.15) is 11.5 Å². The Morgan fingerprint density at radius 2 is 2.41 bits per heavy atom. The third kappa shape index (κ3) is 3.17. The van der Waals surface area contributed by atoms with Crippen molar-refractivity contribution in [3.63, 3.8) is 0 Å². The summed E-state index contributed by atoms with van der Waals surface area (Å²) in [4.78, 5) is 12.1. The second-order valence-electron chi connectivity index (χ2n) is 4.16. The van der Waals surface area contributed by atoms with Gasteiger partial charge in [0.2, 0.25) is 0 Å². The molecule has 0 saturated carbocycles. The molecule has 0 radical (unpaired) electrons. The quantitative estimate of drug-likeness (QED) is 0.840. The van der Waals surface area contributed by atoms with E-state index >= 15 is 0 Å². The number of ketones is 1. The number of halogens is 1. The molecule has 0 amide bonds. The number of rotatable bonds is 4. The van der Waals surface area contributed by atoms with Gasteiger partial charge in [0.15, 0.2) is 0 Å². The highest BCUT2D eigenvalue weighted by molar-refractivity contribution is 7.99. The van der Waals surface area contributed by atoms with Crippen LogP contribution in [0.4, 0.5) is 0 Å². The van der Waals surface area contributed by atoms with Gasteiger partial charge in [-0.05, 0) is 30.4 Å². The highest BCUT2D eigenvalue weighted by atomic mass is 35.5. The zero-order valence-corrected chi connectivity index (χ0v) is 11.3. The van der Waals surface area contributed by atoms with Crippen molar-refractivity contribution >= 4 is 29.1 Å². The smallest absolute Gasteiger partial charge is 0.141 e. The SMILES string of the molecule is COc1ccc(Cl)cc1CC(=O)C1CCSC1. The summed E-state index contributed by atoms with van der Waals surface area (Å²) in [5.74, 6) is 3.32. The Kier molecular flexibility index (Phi) is 4.35. The lowest BCUT2D eigenvalue weighted by atomic mass is 9.97. The highest BCUT2D eigenvalue weighted by Gasteiger charge is 2.23. The lowest BCUT2D eigenvalue weighted by Crippen LogP contribution is -2.16. The first-order valence-corrected chi connectivity index (χ1v) is 7.17. The van der Waals surface area contributed by atoms with Crippen LogP contribution in [0.15, 0.2) is 18.2 Å². The number of benzene rings is 1. The first-order chi connectivity index (χ1) is 8.20. The molecular weight excluding hydrogens is 256 g/mol. The number of hydrogen-bond donors (Lipinski definition) is 0. The van der Waals surface area contributed by atoms with E-state index in [-0.39, 0.29) is 5.92 Å². The van der Waals surface area contributed by atoms with Gasteiger partial charge in [-0.3, -0.25) is 4.79 Å². The zero-order valence-electron chi connectivity index (χ0n) is 9.74. The Hall–Kier alpha value is -0.670. The number of carbonyl (C=O) groups is 1. The molecule has 0 bridgehead atoms. The fourth-order valence-corrected chi connectivity index (χ4v) is 3.46. The summed E-state index contributed by atoms with van der Waals surface area (Å²) >= 11 is 7.80. The number of hydrogen-bond acceptors (Lipinski definition) is 3. The Balaban J connectivity index is 2.11. The van der Waals surface area contributed by atoms with Crippen LogP contribution in [0.2, 0.25) is 5.02 Å². The molecule has 0 spiro atoms. The van der Waals surface area contributed by atoms with Crippen molar-refractivity contribution < 1.29 is 9.53 Å². The third-order valence-corrected chi connectivity index (χ3v) is 4.39. The molecule has 2 nitrogen and oxygen atoms in total. The molecule has 1 aliphatic heterocycles. The minimum Gasteiger partial charge on any atom is -0.496 e. The van der Waals surface area contributed by atoms with Gasteiger partial charge < -0.3 is 4.74 Å². The van der Waals surface area contributed by atoms with Crippen LogP contribution in [0, 0.1) is 5.92 Å². The van der Waals surface area contributed by atoms with E-state index in [4.69, 9.17) is 16.3 Å². The topological polar surface area (TPSA) is 26.3 Å². The summed E-state index contributed by atoms with van der Waals surface area (Å²) < 4.78 is 5.25. The van der Waals surface area contributed by atoms with E-state index in [2.05, 4.69) is 0 Å². The highest BCUT2D eigenvalue weighted by Crippen LogP contribution is 2.28. The molecular formula is C13H15ClO2S. The molecule has 1 unspecified atom stereocenters. The van der Waals surface area contributed by atoms with Gasteiger partial charge in [0.05, 0.1) is 7.11 Å². The van der Waals surface area contributed by atoms with Crippen LogP contribution >= 0.6 is 23.4 Å². The second kappa shape index (κ2) is 5.78. The molecule has 0 N–H and O–H groups in total. The van der Waals surface area contributed by atoms with Gasteiger partial charge >= 0.3 is 0 Å². The summed E-state index contributed by atoms with van der Waals surface area (Å²) in [5.41, 5.74) is 0.891. The Labute approximate surface area is 111 Å². The lowest BCUT2D eigenvalue weighted by molar-refractivity contribution is -0.121. The monoisotopic (exact) mass is 270 g/mol. The number of carbonyl (C=O) groups excluding carboxylic acids is 1. The molecule has 92 valence electrons. The molecule has 1 saturated heterocycles. The van der Waals surface area contributed by atoms with Crippen molar-refractivity contribution in [3.05, 3.63) is 28.8 Å². The Morgan fingerprint density at radius 1 is 1.59 bits per heavy atom. The van der Waals surface area contributed by atoms with Gasteiger partial charge in [-0.1, -0.05) is 11.6 Å². The van der Waals surface area contributed by atoms with Crippen LogP contribution in [-0.4, -0.2) is 24.4 Å². The molecule has 1 heterocycles. The molecule has 0 aliphatic carbocycles. The van der Waals surface area contributed by atoms with Crippen molar-refractivity contribution in [2.24, 2.45) is 5.92 Å². The Morgan fingerprint density at radius 3 is 3.06 bits per heavy atom. The van der Waals surface area contributed by atoms with Crippen molar-refractivity contribution in [1.29, 1.82) is 0 Å². The number of thioether (sulfide) groups is 1. The molecule has 1 aromatic rings. The largest absolute Gasteiger partial charge is 0.496 e. The van der Waals surface area contributed by atoms with Crippen molar-refractivity contribution in [2.75, 3.05) is 18.6 Å². The van der Waals surface area contributed by atoms with E-state index in [1.54, 1.807) is 13.2 Å². The molecule has 1 aliphatic rings. The summed E-state index contributed by atoms with van der Waals surface area (Å²) in [6.45, 7) is 0. The van der Waals surface area contributed by atoms with Gasteiger partial charge in [-0.15, -0.1) is 0 Å². The number of Topliss-reactive ketones (excluding diaryl/α,β-unsaturated/α-hetero) is 1. The third-order valence-electron chi connectivity index (χ3n) is 2.99. The molecule has 0 aromatic heterocycles. The fraction of sp³-hybridized carbons (Fsp3) is 0.462. The minimum atomic E-state index is 0.212. The average molecular weight is 271 g/mol. The molecule has 4 heteroatoms. The second-order valence-corrected chi connectivity index (χ2v) is 5.75. The maximum absolute atomic E-state index is 12.1. The van der Waals surface area contributed by atoms with E-state index in [9.17, 15) is 4.79 Å². The van der Waals surface area contributed by atoms with Crippen LogP contribution in [0.25, 0.3) is 0 Å². The van der Waals surface area contributed by atoms with Crippen LogP contribution in [-0.2, 0) is 11.2 Å². The van der Waals surface area contributed by atoms with Crippen molar-refractivity contribution in [1.82, 2.24) is 0 Å². The maximum atomic E-state index is 12.1. The van der Waals surface area contributed by atoms with Crippen LogP contribution in [0.5, 0.6) is 5.75 Å². The van der Waals surface area contributed by atoms with E-state index in [0.717, 1.165) is 29.2 Å². The van der Waals surface area contributed by atoms with Gasteiger partial charge in [0, 0.05) is 28.7 Å². The van der Waals surface area contributed by atoms with E-state index in [1.165, 1.54) is 0 Å². The van der Waals surface area contributed by atoms with Gasteiger partial charge in [0.25, 0.3) is 0 Å². The van der Waals surface area contributed by atoms with Crippen molar-refractivity contribution in [3.8, 4) is 5.75 Å². The van der Waals surface area contributed by atoms with E-state index < -0.39 is 0 Å². The Bertz CT molecular complexity index is 414. The average Bonchev–Trinajstić information content (AvgIpc) is 2.83. The molecule has 1 atom stereocenters. The minimum absolute atomic E-state index is 0.212. The number of ether oxygens (including phenoxy) is 1. The summed E-state index contributed by atoms with van der Waals surface area (Å²) in [5, 5.41) is 0.648. The summed E-state index contributed by atoms with van der Waals surface area (Å²) in [6, 6.07) is 5.41. The van der Waals surface area contributed by atoms with Crippen molar-refractivity contribution in [2.45, 2.75) is 12.8 Å². The molecule has 17 heavy (non-hydrogen) atoms. The predicted molar refractivity (Wildman–Crippen MR) is 72.1 cm³/mol. The predicted octanol–water partition coefficient (Wildman–Crippen LogP) is 3.21. The molecule has 1 fully saturated rings. The molecule has 1 aromatic carbocycles. The standard InChI is InChI=1S/C13H15ClO2S/c1-16-13-3-2-11(14)6-10(13)7-12(15)9-4-5-17-8-9/h2-3,6,9H,4-5,7-8H2,1H3. The van der Waals surface area contributed by atoms with Crippen LogP contribution < -0.4 is 4.74 Å². The van der Waals surface area contributed by atoms with Crippen LogP contribution in [0.3, 0.4) is 0 Å². The maximum Gasteiger partial charge on any atom is 0.141 e. The van der Waals surface area contributed by atoms with E-state index in [0.29, 0.717) is 17.2 Å². The van der Waals surface area contributed by atoms with E-state index in [1.807, 2.05) is 23.9 Å². The lowest BCUT2D eigenvalue weighted by Gasteiger charge is -2.11. The summed E-state index contributed by atoms with van der Waals surface area (Å²) in [6.07, 6.45) is 1.43. The normalized spacial score (nSPS) is 19.3. The summed E-state index contributed by atoms with van der Waals surface area (Å²) in [7, 11) is 1.61. The first kappa shape index (κ1) is 12.8.